The van der Waals surface area contributed by atoms with Gasteiger partial charge in [-0.15, -0.1) is 0 Å². The first-order valence-electron chi connectivity index (χ1n) is 29.5. The van der Waals surface area contributed by atoms with Gasteiger partial charge in [-0.1, -0.05) is 123 Å². The summed E-state index contributed by atoms with van der Waals surface area (Å²) in [5.41, 5.74) is 13.7. The van der Waals surface area contributed by atoms with Crippen LogP contribution < -0.4 is 0 Å². The standard InChI is InChI=1S/C65H76N8O6/c1-5-42-22-19-41(35-51(42)45-26-30-47(31-27-45)53-39-67-61(69-53)59-37-49-13-7-9-15-55(49)73(59)63(75)57-17-11-33-71(57)65(77)79-4)20-23-43-21-18-40(2)34-50(43)44-24-28-46(29-25-44)52-38-66-60(68-52)58-36-48-12-6-8-14-54(48)72(58)62(74)56-16-10-32-70(56)64(76)78-3/h18-19,21-22,24-31,34-35,38-39,48-49,54-59H,5-17,20,23,32-33,36-37H2,1-4H3,(H,66,68)(H,67,69). The lowest BCUT2D eigenvalue weighted by atomic mass is 9.84. The Morgan fingerprint density at radius 2 is 1.01 bits per heavy atom. The molecule has 412 valence electrons. The van der Waals surface area contributed by atoms with Crippen molar-refractivity contribution in [1.82, 2.24) is 39.5 Å². The highest BCUT2D eigenvalue weighted by Crippen LogP contribution is 2.49. The summed E-state index contributed by atoms with van der Waals surface area (Å²) in [6, 6.07) is 30.3. The fourth-order valence-corrected chi connectivity index (χ4v) is 14.9. The number of carbonyl (C=O) groups excluding carboxylic acids is 4. The number of H-pyrrole nitrogens is 2. The molecule has 14 heteroatoms. The molecule has 12 rings (SSSR count). The second-order valence-corrected chi connectivity index (χ2v) is 23.4. The van der Waals surface area contributed by atoms with Crippen LogP contribution in [0.3, 0.4) is 0 Å². The van der Waals surface area contributed by atoms with Gasteiger partial charge in [-0.05, 0) is 141 Å². The number of aryl methyl sites for hydroxylation is 4. The van der Waals surface area contributed by atoms with Gasteiger partial charge in [0, 0.05) is 48.7 Å². The lowest BCUT2D eigenvalue weighted by molar-refractivity contribution is -0.140. The van der Waals surface area contributed by atoms with E-state index >= 15 is 0 Å². The molecule has 4 aliphatic heterocycles. The van der Waals surface area contributed by atoms with Gasteiger partial charge in [0.15, 0.2) is 0 Å². The van der Waals surface area contributed by atoms with E-state index in [-0.39, 0.29) is 36.0 Å². The topological polar surface area (TPSA) is 157 Å². The number of aromatic amines is 2. The number of likely N-dealkylation sites (tertiary alicyclic amines) is 4. The van der Waals surface area contributed by atoms with Crippen LogP contribution in [0.1, 0.15) is 143 Å². The van der Waals surface area contributed by atoms with E-state index in [1.807, 2.05) is 12.4 Å². The summed E-state index contributed by atoms with van der Waals surface area (Å²) >= 11 is 0. The van der Waals surface area contributed by atoms with Gasteiger partial charge in [0.2, 0.25) is 11.8 Å². The van der Waals surface area contributed by atoms with E-state index in [4.69, 9.17) is 19.4 Å². The average molecular weight is 1070 g/mol. The molecule has 2 saturated carbocycles. The summed E-state index contributed by atoms with van der Waals surface area (Å²) in [5, 5.41) is 0. The molecule has 4 saturated heterocycles. The van der Waals surface area contributed by atoms with Crippen LogP contribution in [0.5, 0.6) is 0 Å². The number of methoxy groups -OCH3 is 2. The minimum atomic E-state index is -0.495. The minimum absolute atomic E-state index is 0.0288. The highest BCUT2D eigenvalue weighted by molar-refractivity contribution is 5.88. The third kappa shape index (κ3) is 10.1. The third-order valence-electron chi connectivity index (χ3n) is 18.9. The minimum Gasteiger partial charge on any atom is -0.453 e. The number of benzene rings is 4. The van der Waals surface area contributed by atoms with Crippen LogP contribution in [0.2, 0.25) is 0 Å². The van der Waals surface area contributed by atoms with E-state index in [9.17, 15) is 19.2 Å². The van der Waals surface area contributed by atoms with Crippen LogP contribution in [-0.4, -0.2) is 115 Å². The molecule has 0 bridgehead atoms. The summed E-state index contributed by atoms with van der Waals surface area (Å²) in [4.78, 5) is 79.0. The molecule has 2 N–H and O–H groups in total. The van der Waals surface area contributed by atoms with Crippen molar-refractivity contribution in [2.24, 2.45) is 11.8 Å². The first-order chi connectivity index (χ1) is 38.6. The average Bonchev–Trinajstić information content (AvgIpc) is 4.56. The largest absolute Gasteiger partial charge is 0.453 e. The fraction of sp³-hybridized carbons (Fsp3) is 0.477. The van der Waals surface area contributed by atoms with Gasteiger partial charge in [0.1, 0.15) is 23.7 Å². The highest BCUT2D eigenvalue weighted by Gasteiger charge is 2.51. The number of fused-ring (bicyclic) bond motifs is 2. The summed E-state index contributed by atoms with van der Waals surface area (Å²) in [5.74, 6) is 2.55. The molecule has 6 aromatic rings. The molecule has 6 heterocycles. The predicted octanol–water partition coefficient (Wildman–Crippen LogP) is 12.6. The van der Waals surface area contributed by atoms with Gasteiger partial charge in [0.05, 0.1) is 37.7 Å². The van der Waals surface area contributed by atoms with Gasteiger partial charge in [-0.25, -0.2) is 19.6 Å². The Kier molecular flexibility index (Phi) is 14.9. The maximum atomic E-state index is 14.4. The van der Waals surface area contributed by atoms with Gasteiger partial charge in [-0.2, -0.15) is 0 Å². The highest BCUT2D eigenvalue weighted by atomic mass is 16.5. The zero-order valence-corrected chi connectivity index (χ0v) is 46.4. The van der Waals surface area contributed by atoms with Crippen LogP contribution in [0.4, 0.5) is 9.59 Å². The Balaban J connectivity index is 0.729. The Morgan fingerprint density at radius 1 is 0.544 bits per heavy atom. The molecule has 4 amide bonds. The number of amides is 4. The number of aromatic nitrogens is 4. The summed E-state index contributed by atoms with van der Waals surface area (Å²) < 4.78 is 10.2. The molecule has 6 fully saturated rings. The molecule has 0 radical (unpaired) electrons. The number of nitrogens with zero attached hydrogens (tertiary/aromatic N) is 6. The monoisotopic (exact) mass is 1060 g/mol. The van der Waals surface area contributed by atoms with E-state index in [2.05, 4.69) is 119 Å². The van der Waals surface area contributed by atoms with Crippen molar-refractivity contribution in [1.29, 1.82) is 0 Å². The summed E-state index contributed by atoms with van der Waals surface area (Å²) in [7, 11) is 2.78. The number of imidazole rings is 2. The molecule has 2 aromatic heterocycles. The number of carbonyl (C=O) groups is 4. The Morgan fingerprint density at radius 3 is 1.51 bits per heavy atom. The van der Waals surface area contributed by atoms with E-state index in [1.165, 1.54) is 66.0 Å². The smallest absolute Gasteiger partial charge is 0.410 e. The number of ether oxygens (including phenoxy) is 2. The Labute approximate surface area is 464 Å². The van der Waals surface area contributed by atoms with Crippen molar-refractivity contribution in [3.8, 4) is 44.8 Å². The van der Waals surface area contributed by atoms with Crippen LogP contribution in [-0.2, 0) is 38.3 Å². The molecular weight excluding hydrogens is 989 g/mol. The summed E-state index contributed by atoms with van der Waals surface area (Å²) in [6.07, 6.45) is 19.2. The first-order valence-corrected chi connectivity index (χ1v) is 29.5. The van der Waals surface area contributed by atoms with E-state index in [0.29, 0.717) is 37.8 Å². The van der Waals surface area contributed by atoms with Crippen LogP contribution >= 0.6 is 0 Å². The lowest BCUT2D eigenvalue weighted by Crippen LogP contribution is -2.51. The number of hydrogen-bond acceptors (Lipinski definition) is 8. The third-order valence-corrected chi connectivity index (χ3v) is 18.9. The lowest BCUT2D eigenvalue weighted by Gasteiger charge is -2.36. The van der Waals surface area contributed by atoms with Gasteiger partial charge in [0.25, 0.3) is 0 Å². The van der Waals surface area contributed by atoms with E-state index in [1.54, 1.807) is 9.80 Å². The van der Waals surface area contributed by atoms with Gasteiger partial charge >= 0.3 is 12.2 Å². The van der Waals surface area contributed by atoms with Crippen LogP contribution in [0, 0.1) is 18.8 Å². The Bertz CT molecular complexity index is 3200. The molecule has 8 unspecified atom stereocenters. The van der Waals surface area contributed by atoms with Crippen molar-refractivity contribution in [3.63, 3.8) is 0 Å². The van der Waals surface area contributed by atoms with Gasteiger partial charge < -0.3 is 29.2 Å². The van der Waals surface area contributed by atoms with Crippen LogP contribution in [0.25, 0.3) is 44.8 Å². The molecule has 14 nitrogen and oxygen atoms in total. The summed E-state index contributed by atoms with van der Waals surface area (Å²) in [6.45, 7) is 5.46. The second kappa shape index (κ2) is 22.5. The van der Waals surface area contributed by atoms with Crippen molar-refractivity contribution in [2.45, 2.75) is 159 Å². The SMILES string of the molecule is CCc1ccc(CCc2ccc(C)cc2-c2ccc(-c3c[nH]c(C4CC5CCCCC5N4C(=O)C4CCCN4C(=O)OC)n3)cc2)cc1-c1ccc(-c2c[nH]c(C3CC4CCCCC4N3C(=O)C3CCCN3C(=O)OC)n2)cc1. The molecular formula is C65H76N8O6. The second-order valence-electron chi connectivity index (χ2n) is 23.4. The fourth-order valence-electron chi connectivity index (χ4n) is 14.9. The molecule has 4 aromatic carbocycles. The predicted molar refractivity (Wildman–Crippen MR) is 305 cm³/mol. The van der Waals surface area contributed by atoms with E-state index < -0.39 is 24.3 Å². The number of rotatable bonds is 12. The molecule has 79 heavy (non-hydrogen) atoms. The Hall–Kier alpha value is -7.22. The van der Waals surface area contributed by atoms with Gasteiger partial charge in [-0.3, -0.25) is 19.4 Å². The van der Waals surface area contributed by atoms with Crippen molar-refractivity contribution in [3.05, 3.63) is 131 Å². The van der Waals surface area contributed by atoms with E-state index in [0.717, 1.165) is 123 Å². The maximum Gasteiger partial charge on any atom is 0.410 e. The number of hydrogen-bond donors (Lipinski definition) is 2. The van der Waals surface area contributed by atoms with Crippen molar-refractivity contribution >= 4 is 24.0 Å². The normalized spacial score (nSPS) is 24.7. The van der Waals surface area contributed by atoms with Crippen molar-refractivity contribution in [2.75, 3.05) is 27.3 Å². The molecule has 0 spiro atoms. The zero-order valence-electron chi connectivity index (χ0n) is 46.4. The van der Waals surface area contributed by atoms with Crippen molar-refractivity contribution < 1.29 is 28.7 Å². The first kappa shape index (κ1) is 52.5. The number of nitrogens with one attached hydrogen (secondary N) is 2. The molecule has 2 aliphatic carbocycles. The van der Waals surface area contributed by atoms with Crippen LogP contribution in [0.15, 0.2) is 97.3 Å². The molecule has 8 atom stereocenters. The maximum absolute atomic E-state index is 14.4. The molecule has 6 aliphatic rings. The zero-order chi connectivity index (χ0) is 54.3. The quantitative estimate of drug-likeness (QED) is 0.123.